The number of aromatic nitrogens is 4. The Morgan fingerprint density at radius 2 is 1.88 bits per heavy atom. The van der Waals surface area contributed by atoms with Gasteiger partial charge in [0, 0.05) is 18.7 Å². The van der Waals surface area contributed by atoms with Gasteiger partial charge in [-0.2, -0.15) is 0 Å². The van der Waals surface area contributed by atoms with Gasteiger partial charge in [-0.05, 0) is 19.1 Å². The highest BCUT2D eigenvalue weighted by atomic mass is 35.5. The van der Waals surface area contributed by atoms with Crippen molar-refractivity contribution in [2.24, 2.45) is 5.92 Å². The average molecular weight is 354 g/mol. The van der Waals surface area contributed by atoms with Crippen molar-refractivity contribution in [3.63, 3.8) is 0 Å². The topological polar surface area (TPSA) is 46.8 Å². The number of rotatable bonds is 3. The van der Waals surface area contributed by atoms with Gasteiger partial charge in [0.25, 0.3) is 0 Å². The number of imidazole rings is 1. The first kappa shape index (κ1) is 16.1. The van der Waals surface area contributed by atoms with E-state index in [4.69, 9.17) is 11.6 Å². The molecule has 1 aromatic carbocycles. The number of likely N-dealkylation sites (N-methyl/N-ethyl adjacent to an activating group) is 1. The van der Waals surface area contributed by atoms with E-state index in [-0.39, 0.29) is 6.04 Å². The number of allylic oxidation sites excluding steroid dienone is 1. The number of hydrogen-bond donors (Lipinski definition) is 0. The van der Waals surface area contributed by atoms with E-state index in [1.807, 2.05) is 12.4 Å². The quantitative estimate of drug-likeness (QED) is 0.525. The molecule has 0 spiro atoms. The molecule has 0 aliphatic heterocycles. The van der Waals surface area contributed by atoms with Crippen molar-refractivity contribution in [3.05, 3.63) is 59.8 Å². The molecule has 0 saturated carbocycles. The number of hydrogen-bond acceptors (Lipinski definition) is 4. The van der Waals surface area contributed by atoms with Crippen LogP contribution in [0.15, 0.2) is 54.6 Å². The highest BCUT2D eigenvalue weighted by molar-refractivity contribution is 6.33. The Balaban J connectivity index is 1.70. The lowest BCUT2D eigenvalue weighted by Crippen LogP contribution is -2.35. The van der Waals surface area contributed by atoms with Gasteiger partial charge in [-0.15, -0.1) is 0 Å². The van der Waals surface area contributed by atoms with E-state index < -0.39 is 0 Å². The van der Waals surface area contributed by atoms with Crippen LogP contribution in [0.5, 0.6) is 0 Å². The zero-order chi connectivity index (χ0) is 17.6. The molecule has 3 aromatic rings. The van der Waals surface area contributed by atoms with Crippen LogP contribution in [0.4, 0.5) is 5.69 Å². The molecular weight excluding hydrogens is 334 g/mol. The molecule has 25 heavy (non-hydrogen) atoms. The molecule has 0 unspecified atom stereocenters. The molecule has 0 radical (unpaired) electrons. The highest BCUT2D eigenvalue weighted by Crippen LogP contribution is 2.40. The second kappa shape index (κ2) is 6.15. The molecule has 6 heteroatoms. The molecule has 1 aliphatic rings. The van der Waals surface area contributed by atoms with Crippen molar-refractivity contribution in [1.82, 2.24) is 19.5 Å². The van der Waals surface area contributed by atoms with Gasteiger partial charge in [-0.1, -0.05) is 48.4 Å². The molecule has 2 aromatic heterocycles. The van der Waals surface area contributed by atoms with Gasteiger partial charge in [-0.25, -0.2) is 15.0 Å². The number of anilines is 1. The second-order valence-corrected chi connectivity index (χ2v) is 7.00. The normalized spacial score (nSPS) is 23.0. The first-order valence-corrected chi connectivity index (χ1v) is 8.75. The van der Waals surface area contributed by atoms with E-state index in [2.05, 4.69) is 75.7 Å². The van der Waals surface area contributed by atoms with Gasteiger partial charge in [0.1, 0.15) is 11.8 Å². The molecule has 5 nitrogen and oxygen atoms in total. The highest BCUT2D eigenvalue weighted by Gasteiger charge is 2.36. The Kier molecular flexibility index (Phi) is 3.96. The van der Waals surface area contributed by atoms with Crippen LogP contribution in [0.3, 0.4) is 0 Å². The molecule has 0 fully saturated rings. The zero-order valence-electron chi connectivity index (χ0n) is 14.5. The maximum Gasteiger partial charge on any atom is 0.165 e. The summed E-state index contributed by atoms with van der Waals surface area (Å²) in [5.74, 6) is 0.372. The van der Waals surface area contributed by atoms with Gasteiger partial charge in [0.15, 0.2) is 10.8 Å². The van der Waals surface area contributed by atoms with Crippen molar-refractivity contribution in [2.45, 2.75) is 25.9 Å². The van der Waals surface area contributed by atoms with E-state index in [1.165, 1.54) is 17.6 Å². The summed E-state index contributed by atoms with van der Waals surface area (Å²) in [6.07, 6.45) is 5.67. The summed E-state index contributed by atoms with van der Waals surface area (Å²) < 4.78 is 2.12. The van der Waals surface area contributed by atoms with Gasteiger partial charge >= 0.3 is 0 Å². The Labute approximate surface area is 152 Å². The van der Waals surface area contributed by atoms with Crippen molar-refractivity contribution in [2.75, 3.05) is 11.9 Å². The summed E-state index contributed by atoms with van der Waals surface area (Å²) in [5.41, 5.74) is 3.97. The smallest absolute Gasteiger partial charge is 0.165 e. The standard InChI is InChI=1S/C19H20ClN5/c1-12-9-15(24(3)14-7-5-4-6-8-14)13(2)17(12)25-11-23-16-18(20)21-10-22-19(16)25/h4-11,13,15,17H,1-3H3/t13-,15+,17-/m0/s1. The summed E-state index contributed by atoms with van der Waals surface area (Å²) in [6.45, 7) is 4.45. The second-order valence-electron chi connectivity index (χ2n) is 6.64. The predicted molar refractivity (Wildman–Crippen MR) is 101 cm³/mol. The third kappa shape index (κ3) is 2.59. The monoisotopic (exact) mass is 353 g/mol. The van der Waals surface area contributed by atoms with Crippen LogP contribution in [-0.4, -0.2) is 32.6 Å². The lowest BCUT2D eigenvalue weighted by molar-refractivity contribution is 0.400. The fourth-order valence-corrected chi connectivity index (χ4v) is 4.10. The number of para-hydroxylation sites is 1. The lowest BCUT2D eigenvalue weighted by Gasteiger charge is -2.32. The van der Waals surface area contributed by atoms with Crippen molar-refractivity contribution >= 4 is 28.5 Å². The van der Waals surface area contributed by atoms with Crippen molar-refractivity contribution in [3.8, 4) is 0 Å². The van der Waals surface area contributed by atoms with Crippen molar-refractivity contribution in [1.29, 1.82) is 0 Å². The number of nitrogens with zero attached hydrogens (tertiary/aromatic N) is 5. The average Bonchev–Trinajstić information content (AvgIpc) is 3.17. The molecule has 0 bridgehead atoms. The van der Waals surface area contributed by atoms with Crippen LogP contribution in [0.1, 0.15) is 19.9 Å². The molecule has 0 amide bonds. The summed E-state index contributed by atoms with van der Waals surface area (Å²) in [5, 5.41) is 0.397. The molecule has 4 rings (SSSR count). The van der Waals surface area contributed by atoms with Gasteiger partial charge < -0.3 is 9.47 Å². The molecular formula is C19H20ClN5. The largest absolute Gasteiger partial charge is 0.368 e. The molecule has 0 saturated heterocycles. The van der Waals surface area contributed by atoms with Gasteiger partial charge in [0.05, 0.1) is 18.4 Å². The zero-order valence-corrected chi connectivity index (χ0v) is 15.2. The van der Waals surface area contributed by atoms with E-state index >= 15 is 0 Å². The van der Waals surface area contributed by atoms with E-state index in [0.717, 1.165) is 5.65 Å². The minimum Gasteiger partial charge on any atom is -0.368 e. The van der Waals surface area contributed by atoms with Crippen molar-refractivity contribution < 1.29 is 0 Å². The first-order valence-electron chi connectivity index (χ1n) is 8.37. The maximum atomic E-state index is 6.16. The summed E-state index contributed by atoms with van der Waals surface area (Å²) in [7, 11) is 2.15. The van der Waals surface area contributed by atoms with Crippen LogP contribution in [0.25, 0.3) is 11.2 Å². The Morgan fingerprint density at radius 3 is 2.64 bits per heavy atom. The summed E-state index contributed by atoms with van der Waals surface area (Å²) in [6, 6.07) is 11.0. The minimum absolute atomic E-state index is 0.201. The summed E-state index contributed by atoms with van der Waals surface area (Å²) >= 11 is 6.16. The summed E-state index contributed by atoms with van der Waals surface area (Å²) in [4.78, 5) is 15.2. The molecule has 0 N–H and O–H groups in total. The van der Waals surface area contributed by atoms with Crippen LogP contribution in [0, 0.1) is 5.92 Å². The van der Waals surface area contributed by atoms with E-state index in [0.29, 0.717) is 22.6 Å². The van der Waals surface area contributed by atoms with Crippen LogP contribution in [-0.2, 0) is 0 Å². The number of halogens is 1. The van der Waals surface area contributed by atoms with Crippen LogP contribution >= 0.6 is 11.6 Å². The minimum atomic E-state index is 0.201. The first-order chi connectivity index (χ1) is 12.1. The molecule has 2 heterocycles. The Hall–Kier alpha value is -2.40. The lowest BCUT2D eigenvalue weighted by atomic mass is 9.97. The number of fused-ring (bicyclic) bond motifs is 1. The molecule has 3 atom stereocenters. The maximum absolute atomic E-state index is 6.16. The predicted octanol–water partition coefficient (Wildman–Crippen LogP) is 4.12. The molecule has 1 aliphatic carbocycles. The van der Waals surface area contributed by atoms with Crippen LogP contribution < -0.4 is 4.90 Å². The third-order valence-corrected chi connectivity index (χ3v) is 5.44. The van der Waals surface area contributed by atoms with E-state index in [1.54, 1.807) is 0 Å². The van der Waals surface area contributed by atoms with Crippen LogP contribution in [0.2, 0.25) is 5.15 Å². The number of benzene rings is 1. The Morgan fingerprint density at radius 1 is 1.12 bits per heavy atom. The Bertz CT molecular complexity index is 933. The fraction of sp³-hybridized carbons (Fsp3) is 0.316. The van der Waals surface area contributed by atoms with Gasteiger partial charge in [0.2, 0.25) is 0 Å². The SMILES string of the molecule is CC1=C[C@@H](N(C)c2ccccc2)[C@H](C)[C@H]1n1cnc2c(Cl)ncnc21. The third-order valence-electron chi connectivity index (χ3n) is 5.16. The van der Waals surface area contributed by atoms with E-state index in [9.17, 15) is 0 Å². The molecule has 128 valence electrons. The fourth-order valence-electron chi connectivity index (χ4n) is 3.92. The van der Waals surface area contributed by atoms with Gasteiger partial charge in [-0.3, -0.25) is 0 Å².